The number of rotatable bonds is 9. The maximum Gasteiger partial charge on any atom is 0.407 e. The average molecular weight is 477 g/mol. The SMILES string of the molecule is CCCC[C@H](NC(=O)C12CC(NC(=O)OCC3c4ccccc4-c4ccccc43)CC1C2)C(=O)O. The lowest BCUT2D eigenvalue weighted by atomic mass is 9.98. The number of carboxylic acids is 1. The highest BCUT2D eigenvalue weighted by atomic mass is 16.5. The van der Waals surface area contributed by atoms with E-state index in [0.29, 0.717) is 19.3 Å². The number of carbonyl (C=O) groups excluding carboxylic acids is 2. The summed E-state index contributed by atoms with van der Waals surface area (Å²) in [5, 5.41) is 15.1. The zero-order valence-corrected chi connectivity index (χ0v) is 20.0. The van der Waals surface area contributed by atoms with Gasteiger partial charge in [-0.2, -0.15) is 0 Å². The van der Waals surface area contributed by atoms with Crippen LogP contribution in [0.25, 0.3) is 11.1 Å². The number of unbranched alkanes of at least 4 members (excludes halogenated alkanes) is 1. The predicted molar refractivity (Wildman–Crippen MR) is 131 cm³/mol. The largest absolute Gasteiger partial charge is 0.480 e. The Morgan fingerprint density at radius 2 is 1.71 bits per heavy atom. The Hall–Kier alpha value is -3.35. The third-order valence-electron chi connectivity index (χ3n) is 7.98. The molecule has 2 fully saturated rings. The van der Waals surface area contributed by atoms with Crippen LogP contribution in [0.2, 0.25) is 0 Å². The monoisotopic (exact) mass is 476 g/mol. The van der Waals surface area contributed by atoms with Crippen molar-refractivity contribution < 1.29 is 24.2 Å². The first kappa shape index (κ1) is 23.4. The lowest BCUT2D eigenvalue weighted by molar-refractivity contribution is -0.143. The maximum absolute atomic E-state index is 12.9. The van der Waals surface area contributed by atoms with E-state index >= 15 is 0 Å². The van der Waals surface area contributed by atoms with E-state index in [1.165, 1.54) is 11.1 Å². The van der Waals surface area contributed by atoms with Gasteiger partial charge in [-0.1, -0.05) is 68.3 Å². The van der Waals surface area contributed by atoms with Gasteiger partial charge in [-0.15, -0.1) is 0 Å². The van der Waals surface area contributed by atoms with E-state index in [-0.39, 0.29) is 30.4 Å². The van der Waals surface area contributed by atoms with Crippen LogP contribution in [-0.2, 0) is 14.3 Å². The quantitative estimate of drug-likeness (QED) is 0.496. The number of ether oxygens (including phenoxy) is 1. The first-order valence-electron chi connectivity index (χ1n) is 12.6. The van der Waals surface area contributed by atoms with Crippen LogP contribution >= 0.6 is 0 Å². The Labute approximate surface area is 205 Å². The molecule has 0 aliphatic heterocycles. The lowest BCUT2D eigenvalue weighted by Gasteiger charge is -2.21. The Morgan fingerprint density at radius 3 is 2.34 bits per heavy atom. The van der Waals surface area contributed by atoms with E-state index in [2.05, 4.69) is 34.9 Å². The molecule has 0 radical (unpaired) electrons. The van der Waals surface area contributed by atoms with Crippen LogP contribution in [0, 0.1) is 11.3 Å². The summed E-state index contributed by atoms with van der Waals surface area (Å²) in [6, 6.07) is 15.4. The summed E-state index contributed by atoms with van der Waals surface area (Å²) < 4.78 is 5.66. The van der Waals surface area contributed by atoms with Crippen molar-refractivity contribution in [2.75, 3.05) is 6.61 Å². The molecule has 2 aromatic rings. The maximum atomic E-state index is 12.9. The van der Waals surface area contributed by atoms with E-state index in [4.69, 9.17) is 4.74 Å². The molecule has 2 amide bonds. The zero-order valence-electron chi connectivity index (χ0n) is 20.0. The number of amides is 2. The van der Waals surface area contributed by atoms with Crippen molar-refractivity contribution in [3.05, 3.63) is 59.7 Å². The first-order chi connectivity index (χ1) is 16.9. The molecule has 35 heavy (non-hydrogen) atoms. The molecule has 3 unspecified atom stereocenters. The van der Waals surface area contributed by atoms with Crippen LogP contribution in [0.15, 0.2) is 48.5 Å². The number of alkyl carbamates (subject to hydrolysis) is 1. The summed E-state index contributed by atoms with van der Waals surface area (Å²) >= 11 is 0. The van der Waals surface area contributed by atoms with Crippen molar-refractivity contribution in [2.45, 2.75) is 63.5 Å². The summed E-state index contributed by atoms with van der Waals surface area (Å²) in [6.45, 7) is 2.24. The standard InChI is InChI=1S/C28H32N2O5/c1-2-3-12-24(25(31)32)30-26(33)28-14-17(28)13-18(15-28)29-27(34)35-16-23-21-10-6-4-8-19(21)20-9-5-7-11-22(20)23/h4-11,17-18,23-24H,2-3,12-16H2,1H3,(H,29,34)(H,30,33)(H,31,32)/t17?,18?,24-,28?/m0/s1. The fourth-order valence-electron chi connectivity index (χ4n) is 6.06. The van der Waals surface area contributed by atoms with Crippen LogP contribution in [-0.4, -0.2) is 41.8 Å². The second-order valence-electron chi connectivity index (χ2n) is 10.2. The van der Waals surface area contributed by atoms with Gasteiger partial charge in [-0.3, -0.25) is 4.79 Å². The van der Waals surface area contributed by atoms with Gasteiger partial charge in [0, 0.05) is 12.0 Å². The van der Waals surface area contributed by atoms with E-state index < -0.39 is 23.5 Å². The number of nitrogens with one attached hydrogen (secondary N) is 2. The topological polar surface area (TPSA) is 105 Å². The van der Waals surface area contributed by atoms with Crippen molar-refractivity contribution in [3.63, 3.8) is 0 Å². The number of carbonyl (C=O) groups is 3. The minimum absolute atomic E-state index is 0.00155. The second kappa shape index (κ2) is 9.36. The molecule has 4 atom stereocenters. The molecule has 7 nitrogen and oxygen atoms in total. The van der Waals surface area contributed by atoms with Crippen LogP contribution < -0.4 is 10.6 Å². The lowest BCUT2D eigenvalue weighted by Crippen LogP contribution is -2.45. The van der Waals surface area contributed by atoms with Gasteiger partial charge in [0.15, 0.2) is 0 Å². The molecule has 3 aliphatic rings. The molecule has 2 saturated carbocycles. The minimum Gasteiger partial charge on any atom is -0.480 e. The van der Waals surface area contributed by atoms with Gasteiger partial charge in [0.25, 0.3) is 0 Å². The number of benzene rings is 2. The molecular weight excluding hydrogens is 444 g/mol. The van der Waals surface area contributed by atoms with E-state index in [0.717, 1.165) is 30.4 Å². The van der Waals surface area contributed by atoms with Gasteiger partial charge < -0.3 is 20.5 Å². The minimum atomic E-state index is -0.994. The van der Waals surface area contributed by atoms with Gasteiger partial charge >= 0.3 is 12.1 Å². The third kappa shape index (κ3) is 4.40. The fourth-order valence-corrected chi connectivity index (χ4v) is 6.06. The highest BCUT2D eigenvalue weighted by Gasteiger charge is 2.65. The predicted octanol–water partition coefficient (Wildman–Crippen LogP) is 4.45. The van der Waals surface area contributed by atoms with Crippen LogP contribution in [0.1, 0.15) is 62.5 Å². The summed E-state index contributed by atoms with van der Waals surface area (Å²) in [5.74, 6) is -1.00. The van der Waals surface area contributed by atoms with Crippen LogP contribution in [0.4, 0.5) is 4.79 Å². The van der Waals surface area contributed by atoms with Crippen molar-refractivity contribution in [2.24, 2.45) is 11.3 Å². The Balaban J connectivity index is 1.15. The van der Waals surface area contributed by atoms with Crippen LogP contribution in [0.5, 0.6) is 0 Å². The molecule has 7 heteroatoms. The Morgan fingerprint density at radius 1 is 1.06 bits per heavy atom. The molecule has 0 heterocycles. The molecule has 3 aliphatic carbocycles. The molecule has 0 spiro atoms. The molecule has 5 rings (SSSR count). The number of hydrogen-bond donors (Lipinski definition) is 3. The van der Waals surface area contributed by atoms with Crippen LogP contribution in [0.3, 0.4) is 0 Å². The molecule has 0 saturated heterocycles. The smallest absolute Gasteiger partial charge is 0.407 e. The normalized spacial score (nSPS) is 24.6. The average Bonchev–Trinajstić information content (AvgIpc) is 3.28. The summed E-state index contributed by atoms with van der Waals surface area (Å²) in [6.07, 6.45) is 3.57. The van der Waals surface area contributed by atoms with Gasteiger partial charge in [0.05, 0.1) is 5.41 Å². The second-order valence-corrected chi connectivity index (χ2v) is 10.2. The van der Waals surface area contributed by atoms with Gasteiger partial charge in [0.2, 0.25) is 5.91 Å². The van der Waals surface area contributed by atoms with E-state index in [1.807, 2.05) is 31.2 Å². The van der Waals surface area contributed by atoms with Crippen molar-refractivity contribution in [3.8, 4) is 11.1 Å². The molecular formula is C28H32N2O5. The van der Waals surface area contributed by atoms with Crippen molar-refractivity contribution >= 4 is 18.0 Å². The van der Waals surface area contributed by atoms with E-state index in [9.17, 15) is 19.5 Å². The van der Waals surface area contributed by atoms with Gasteiger partial charge in [-0.05, 0) is 53.9 Å². The zero-order chi connectivity index (χ0) is 24.6. The summed E-state index contributed by atoms with van der Waals surface area (Å²) in [5.41, 5.74) is 4.13. The Kier molecular flexibility index (Phi) is 6.26. The number of fused-ring (bicyclic) bond motifs is 4. The fraction of sp³-hybridized carbons (Fsp3) is 0.464. The highest BCUT2D eigenvalue weighted by Crippen LogP contribution is 2.63. The van der Waals surface area contributed by atoms with E-state index in [1.54, 1.807) is 0 Å². The summed E-state index contributed by atoms with van der Waals surface area (Å²) in [7, 11) is 0. The highest BCUT2D eigenvalue weighted by molar-refractivity contribution is 5.90. The van der Waals surface area contributed by atoms with Gasteiger partial charge in [-0.25, -0.2) is 9.59 Å². The molecule has 184 valence electrons. The number of hydrogen-bond acceptors (Lipinski definition) is 4. The molecule has 0 aromatic heterocycles. The molecule has 0 bridgehead atoms. The van der Waals surface area contributed by atoms with Crippen molar-refractivity contribution in [1.29, 1.82) is 0 Å². The molecule has 3 N–H and O–H groups in total. The first-order valence-corrected chi connectivity index (χ1v) is 12.6. The summed E-state index contributed by atoms with van der Waals surface area (Å²) in [4.78, 5) is 37.1. The number of aliphatic carboxylic acids is 1. The number of carboxylic acid groups (broad SMARTS) is 1. The third-order valence-corrected chi connectivity index (χ3v) is 7.98. The molecule has 2 aromatic carbocycles. The Bertz CT molecular complexity index is 1100. The van der Waals surface area contributed by atoms with Crippen molar-refractivity contribution in [1.82, 2.24) is 10.6 Å². The van der Waals surface area contributed by atoms with Gasteiger partial charge in [0.1, 0.15) is 12.6 Å².